The molecule has 1 rings (SSSR count). The fourth-order valence-electron chi connectivity index (χ4n) is 2.59. The molecule has 0 aliphatic carbocycles. The van der Waals surface area contributed by atoms with Crippen molar-refractivity contribution in [2.75, 3.05) is 45.8 Å². The molecule has 5 nitrogen and oxygen atoms in total. The first-order valence-corrected chi connectivity index (χ1v) is 8.04. The largest absolute Gasteiger partial charge is 0.342 e. The third-order valence-electron chi connectivity index (χ3n) is 3.88. The molecule has 1 fully saturated rings. The highest BCUT2D eigenvalue weighted by Gasteiger charge is 2.26. The van der Waals surface area contributed by atoms with Gasteiger partial charge in [-0.15, -0.1) is 0 Å². The molecule has 5 heteroatoms. The Hall–Kier alpha value is -1.10. The Morgan fingerprint density at radius 1 is 1.00 bits per heavy atom. The third kappa shape index (κ3) is 6.04. The number of hydrogen-bond acceptors (Lipinski definition) is 3. The highest BCUT2D eigenvalue weighted by molar-refractivity contribution is 5.78. The molecule has 21 heavy (non-hydrogen) atoms. The number of carbonyl (C=O) groups excluding carboxylic acids is 2. The normalized spacial score (nSPS) is 16.9. The van der Waals surface area contributed by atoms with Gasteiger partial charge in [-0.05, 0) is 19.3 Å². The monoisotopic (exact) mass is 297 g/mol. The van der Waals surface area contributed by atoms with E-state index in [1.165, 1.54) is 0 Å². The first-order valence-electron chi connectivity index (χ1n) is 8.04. The smallest absolute Gasteiger partial charge is 0.236 e. The average Bonchev–Trinajstić information content (AvgIpc) is 2.39. The molecule has 0 aromatic carbocycles. The van der Waals surface area contributed by atoms with Crippen LogP contribution in [0.3, 0.4) is 0 Å². The second kappa shape index (κ2) is 7.78. The highest BCUT2D eigenvalue weighted by atomic mass is 16.2. The Balaban J connectivity index is 2.39. The van der Waals surface area contributed by atoms with Crippen molar-refractivity contribution in [2.24, 2.45) is 5.41 Å². The quantitative estimate of drug-likeness (QED) is 0.771. The highest BCUT2D eigenvalue weighted by Crippen LogP contribution is 2.20. The minimum Gasteiger partial charge on any atom is -0.342 e. The zero-order valence-electron chi connectivity index (χ0n) is 14.3. The molecule has 2 amide bonds. The van der Waals surface area contributed by atoms with E-state index in [9.17, 15) is 9.59 Å². The van der Waals surface area contributed by atoms with Gasteiger partial charge < -0.3 is 9.80 Å². The Bertz CT molecular complexity index is 351. The van der Waals surface area contributed by atoms with Crippen molar-refractivity contribution in [2.45, 2.75) is 41.0 Å². The fourth-order valence-corrected chi connectivity index (χ4v) is 2.59. The summed E-state index contributed by atoms with van der Waals surface area (Å²) in [6, 6.07) is 0. The molecule has 0 saturated carbocycles. The molecule has 0 spiro atoms. The van der Waals surface area contributed by atoms with Gasteiger partial charge in [0.25, 0.3) is 0 Å². The van der Waals surface area contributed by atoms with Crippen molar-refractivity contribution in [3.05, 3.63) is 0 Å². The van der Waals surface area contributed by atoms with Crippen LogP contribution in [0.15, 0.2) is 0 Å². The zero-order chi connectivity index (χ0) is 16.0. The molecular formula is C16H31N3O2. The van der Waals surface area contributed by atoms with Crippen molar-refractivity contribution < 1.29 is 9.59 Å². The molecule has 1 saturated heterocycles. The van der Waals surface area contributed by atoms with Gasteiger partial charge in [0.2, 0.25) is 11.8 Å². The lowest BCUT2D eigenvalue weighted by Crippen LogP contribution is -2.52. The molecule has 122 valence electrons. The SMILES string of the molecule is CCN(CC)C(=O)CN1CCN(C(=O)CC(C)(C)C)CC1. The molecule has 0 bridgehead atoms. The van der Waals surface area contributed by atoms with Crippen LogP contribution in [0.25, 0.3) is 0 Å². The Labute approximate surface area is 129 Å². The van der Waals surface area contributed by atoms with E-state index in [-0.39, 0.29) is 17.2 Å². The summed E-state index contributed by atoms with van der Waals surface area (Å²) in [6.45, 7) is 15.3. The second-order valence-corrected chi connectivity index (χ2v) is 6.96. The van der Waals surface area contributed by atoms with Crippen LogP contribution in [0.1, 0.15) is 41.0 Å². The van der Waals surface area contributed by atoms with Crippen LogP contribution >= 0.6 is 0 Å². The zero-order valence-corrected chi connectivity index (χ0v) is 14.3. The maximum Gasteiger partial charge on any atom is 0.236 e. The summed E-state index contributed by atoms with van der Waals surface area (Å²) in [5.41, 5.74) is 0.0347. The van der Waals surface area contributed by atoms with Gasteiger partial charge in [0.1, 0.15) is 0 Å². The van der Waals surface area contributed by atoms with E-state index in [2.05, 4.69) is 25.7 Å². The summed E-state index contributed by atoms with van der Waals surface area (Å²) >= 11 is 0. The number of hydrogen-bond donors (Lipinski definition) is 0. The van der Waals surface area contributed by atoms with Gasteiger partial charge in [0, 0.05) is 45.7 Å². The Morgan fingerprint density at radius 2 is 1.52 bits per heavy atom. The van der Waals surface area contributed by atoms with Crippen LogP contribution in [-0.2, 0) is 9.59 Å². The first-order chi connectivity index (χ1) is 9.76. The van der Waals surface area contributed by atoms with E-state index in [1.807, 2.05) is 23.6 Å². The van der Waals surface area contributed by atoms with Crippen molar-refractivity contribution in [3.63, 3.8) is 0 Å². The summed E-state index contributed by atoms with van der Waals surface area (Å²) in [6.07, 6.45) is 0.589. The van der Waals surface area contributed by atoms with E-state index in [1.54, 1.807) is 0 Å². The molecule has 0 aromatic rings. The van der Waals surface area contributed by atoms with Crippen molar-refractivity contribution >= 4 is 11.8 Å². The van der Waals surface area contributed by atoms with Gasteiger partial charge in [-0.2, -0.15) is 0 Å². The van der Waals surface area contributed by atoms with E-state index < -0.39 is 0 Å². The predicted molar refractivity (Wildman–Crippen MR) is 85.0 cm³/mol. The lowest BCUT2D eigenvalue weighted by molar-refractivity contribution is -0.136. The number of amides is 2. The molecule has 1 aliphatic heterocycles. The molecule has 0 atom stereocenters. The number of carbonyl (C=O) groups is 2. The predicted octanol–water partition coefficient (Wildman–Crippen LogP) is 1.44. The van der Waals surface area contributed by atoms with E-state index in [4.69, 9.17) is 0 Å². The van der Waals surface area contributed by atoms with Crippen LogP contribution < -0.4 is 0 Å². The lowest BCUT2D eigenvalue weighted by Gasteiger charge is -2.36. The lowest BCUT2D eigenvalue weighted by atomic mass is 9.91. The van der Waals surface area contributed by atoms with Crippen molar-refractivity contribution in [1.82, 2.24) is 14.7 Å². The summed E-state index contributed by atoms with van der Waals surface area (Å²) in [5, 5.41) is 0. The maximum absolute atomic E-state index is 12.2. The Kier molecular flexibility index (Phi) is 6.65. The van der Waals surface area contributed by atoms with Crippen LogP contribution in [0.5, 0.6) is 0 Å². The van der Waals surface area contributed by atoms with Gasteiger partial charge in [-0.3, -0.25) is 14.5 Å². The summed E-state index contributed by atoms with van der Waals surface area (Å²) in [5.74, 6) is 0.423. The number of piperazine rings is 1. The van der Waals surface area contributed by atoms with Gasteiger partial charge in [0.15, 0.2) is 0 Å². The molecule has 0 aromatic heterocycles. The first kappa shape index (κ1) is 18.0. The maximum atomic E-state index is 12.2. The number of likely N-dealkylation sites (N-methyl/N-ethyl adjacent to an activating group) is 1. The van der Waals surface area contributed by atoms with Gasteiger partial charge >= 0.3 is 0 Å². The van der Waals surface area contributed by atoms with E-state index in [0.717, 1.165) is 39.3 Å². The molecule has 0 unspecified atom stereocenters. The number of nitrogens with zero attached hydrogens (tertiary/aromatic N) is 3. The van der Waals surface area contributed by atoms with Gasteiger partial charge in [-0.1, -0.05) is 20.8 Å². The molecule has 0 N–H and O–H groups in total. The molecule has 1 aliphatic rings. The molecular weight excluding hydrogens is 266 g/mol. The molecule has 0 radical (unpaired) electrons. The minimum atomic E-state index is 0.0347. The topological polar surface area (TPSA) is 43.9 Å². The van der Waals surface area contributed by atoms with Crippen LogP contribution in [0.2, 0.25) is 0 Å². The summed E-state index contributed by atoms with van der Waals surface area (Å²) in [4.78, 5) is 30.2. The van der Waals surface area contributed by atoms with E-state index >= 15 is 0 Å². The molecule has 1 heterocycles. The van der Waals surface area contributed by atoms with Gasteiger partial charge in [-0.25, -0.2) is 0 Å². The van der Waals surface area contributed by atoms with Crippen LogP contribution in [0, 0.1) is 5.41 Å². The van der Waals surface area contributed by atoms with Crippen molar-refractivity contribution in [3.8, 4) is 0 Å². The second-order valence-electron chi connectivity index (χ2n) is 6.96. The van der Waals surface area contributed by atoms with Crippen LogP contribution in [0.4, 0.5) is 0 Å². The minimum absolute atomic E-state index is 0.0347. The van der Waals surface area contributed by atoms with Gasteiger partial charge in [0.05, 0.1) is 6.54 Å². The van der Waals surface area contributed by atoms with Crippen LogP contribution in [-0.4, -0.2) is 72.3 Å². The number of rotatable bonds is 5. The average molecular weight is 297 g/mol. The Morgan fingerprint density at radius 3 is 1.95 bits per heavy atom. The third-order valence-corrected chi connectivity index (χ3v) is 3.88. The van der Waals surface area contributed by atoms with Crippen molar-refractivity contribution in [1.29, 1.82) is 0 Å². The van der Waals surface area contributed by atoms with E-state index in [0.29, 0.717) is 13.0 Å². The standard InChI is InChI=1S/C16H31N3O2/c1-6-18(7-2)15(21)13-17-8-10-19(11-9-17)14(20)12-16(3,4)5/h6-13H2,1-5H3. The summed E-state index contributed by atoms with van der Waals surface area (Å²) < 4.78 is 0. The summed E-state index contributed by atoms with van der Waals surface area (Å²) in [7, 11) is 0. The fraction of sp³-hybridized carbons (Fsp3) is 0.875.